The van der Waals surface area contributed by atoms with Crippen molar-refractivity contribution in [3.63, 3.8) is 0 Å². The Morgan fingerprint density at radius 1 is 0.508 bits per heavy atom. The number of para-hydroxylation sites is 2. The number of aryl methyl sites for hydroxylation is 2. The van der Waals surface area contributed by atoms with Crippen LogP contribution in [0.2, 0.25) is 0 Å². The molecule has 0 amide bonds. The third kappa shape index (κ3) is 5.34. The number of aromatic nitrogens is 3. The Morgan fingerprint density at radius 2 is 1.17 bits per heavy atom. The van der Waals surface area contributed by atoms with Gasteiger partial charge in [-0.1, -0.05) is 144 Å². The van der Waals surface area contributed by atoms with Crippen molar-refractivity contribution in [3.05, 3.63) is 192 Å². The molecule has 5 heterocycles. The van der Waals surface area contributed by atoms with Crippen LogP contribution in [0.3, 0.4) is 0 Å². The molecule has 12 rings (SSSR count). The summed E-state index contributed by atoms with van der Waals surface area (Å²) in [6, 6.07) is 58.9. The normalized spacial score (nSPS) is 15.5. The molecule has 63 heavy (non-hydrogen) atoms. The molecule has 7 aromatic carbocycles. The van der Waals surface area contributed by atoms with Gasteiger partial charge in [-0.2, -0.15) is 4.57 Å². The lowest BCUT2D eigenvalue weighted by atomic mass is 9.80. The molecule has 306 valence electrons. The molecule has 0 saturated carbocycles. The minimum atomic E-state index is -1.04. The molecule has 1 atom stereocenters. The molecule has 3 aliphatic heterocycles. The van der Waals surface area contributed by atoms with Gasteiger partial charge in [0, 0.05) is 28.8 Å². The molecule has 0 bridgehead atoms. The molecular weight excluding hydrogens is 767 g/mol. The Kier molecular flexibility index (Phi) is 7.78. The lowest BCUT2D eigenvalue weighted by Gasteiger charge is -2.33. The Labute approximate surface area is 370 Å². The van der Waals surface area contributed by atoms with Crippen molar-refractivity contribution in [1.29, 1.82) is 0 Å². The van der Waals surface area contributed by atoms with E-state index in [0.29, 0.717) is 0 Å². The van der Waals surface area contributed by atoms with E-state index >= 15 is 0 Å². The van der Waals surface area contributed by atoms with Gasteiger partial charge in [-0.3, -0.25) is 0 Å². The van der Waals surface area contributed by atoms with E-state index in [9.17, 15) is 0 Å². The van der Waals surface area contributed by atoms with Crippen molar-refractivity contribution < 1.29 is 13.9 Å². The lowest BCUT2D eigenvalue weighted by molar-refractivity contribution is -0.997. The van der Waals surface area contributed by atoms with Crippen molar-refractivity contribution in [3.8, 4) is 78.6 Å². The third-order valence-corrected chi connectivity index (χ3v) is 13.9. The van der Waals surface area contributed by atoms with Gasteiger partial charge in [-0.05, 0) is 118 Å². The number of benzene rings is 7. The van der Waals surface area contributed by atoms with Gasteiger partial charge < -0.3 is 4.74 Å². The third-order valence-electron chi connectivity index (χ3n) is 13.9. The van der Waals surface area contributed by atoms with E-state index in [-0.39, 0.29) is 10.8 Å². The van der Waals surface area contributed by atoms with Crippen LogP contribution in [0.4, 0.5) is 0 Å². The molecule has 1 unspecified atom stereocenters. The van der Waals surface area contributed by atoms with Crippen molar-refractivity contribution in [2.45, 2.75) is 72.1 Å². The van der Waals surface area contributed by atoms with Crippen LogP contribution in [-0.2, 0) is 16.7 Å². The maximum absolute atomic E-state index is 7.72. The molecule has 0 saturated heterocycles. The van der Waals surface area contributed by atoms with E-state index in [2.05, 4.69) is 233 Å². The number of hydrogen-bond acceptors (Lipinski definition) is 1. The van der Waals surface area contributed by atoms with E-state index in [1.807, 2.05) is 0 Å². The second-order valence-electron chi connectivity index (χ2n) is 20.0. The van der Waals surface area contributed by atoms with Crippen molar-refractivity contribution in [2.24, 2.45) is 0 Å². The van der Waals surface area contributed by atoms with Crippen LogP contribution < -0.4 is 13.9 Å². The van der Waals surface area contributed by atoms with Gasteiger partial charge in [-0.15, -0.1) is 9.13 Å². The molecular formula is C59H51N3O+2. The summed E-state index contributed by atoms with van der Waals surface area (Å²) in [5.74, 6) is 0.913. The summed E-state index contributed by atoms with van der Waals surface area (Å²) in [6.07, 6.45) is 2.27. The molecule has 3 aliphatic rings. The fourth-order valence-corrected chi connectivity index (χ4v) is 10.6. The fourth-order valence-electron chi connectivity index (χ4n) is 10.6. The van der Waals surface area contributed by atoms with Crippen molar-refractivity contribution >= 4 is 11.0 Å². The molecule has 4 nitrogen and oxygen atoms in total. The first-order chi connectivity index (χ1) is 30.3. The van der Waals surface area contributed by atoms with Crippen LogP contribution in [0.25, 0.3) is 83.9 Å². The molecule has 0 fully saturated rings. The van der Waals surface area contributed by atoms with E-state index < -0.39 is 5.85 Å². The number of nitrogens with zero attached hydrogens (tertiary/aromatic N) is 3. The topological polar surface area (TPSA) is 21.9 Å². The molecule has 0 radical (unpaired) electrons. The quantitative estimate of drug-likeness (QED) is 0.162. The summed E-state index contributed by atoms with van der Waals surface area (Å²) < 4.78 is 15.2. The predicted molar refractivity (Wildman–Crippen MR) is 256 cm³/mol. The molecule has 4 heteroatoms. The van der Waals surface area contributed by atoms with Crippen LogP contribution >= 0.6 is 0 Å². The van der Waals surface area contributed by atoms with Gasteiger partial charge in [0.1, 0.15) is 22.6 Å². The molecule has 0 aliphatic carbocycles. The van der Waals surface area contributed by atoms with E-state index in [1.165, 1.54) is 77.9 Å². The van der Waals surface area contributed by atoms with Crippen LogP contribution in [0.1, 0.15) is 69.4 Å². The number of ether oxygens (including phenoxy) is 1. The maximum Gasteiger partial charge on any atom is 0.499 e. The fraction of sp³-hybridized carbons (Fsp3) is 0.186. The number of fused-ring (bicyclic) bond motifs is 5. The SMILES string of the molecule is Cc1ccc(-c2cc[n+]3c(c2)-c2cc(C(C)(C)C)cc4c2C32Oc3ccccc3-c3n(-c5cc(-c6ccccc6)c(C)cc5-c5ccc(C(C)(C)C)cc5)c5cccc-4c5[n+]32)cc1. The van der Waals surface area contributed by atoms with E-state index in [4.69, 9.17) is 4.74 Å². The first-order valence-electron chi connectivity index (χ1n) is 22.3. The van der Waals surface area contributed by atoms with Gasteiger partial charge in [0.2, 0.25) is 5.69 Å². The Balaban J connectivity index is 1.24. The highest BCUT2D eigenvalue weighted by Crippen LogP contribution is 2.54. The second-order valence-corrected chi connectivity index (χ2v) is 20.0. The van der Waals surface area contributed by atoms with Crippen LogP contribution in [-0.4, -0.2) is 4.57 Å². The zero-order valence-electron chi connectivity index (χ0n) is 37.3. The number of hydrogen-bond donors (Lipinski definition) is 0. The summed E-state index contributed by atoms with van der Waals surface area (Å²) in [4.78, 5) is 0. The molecule has 1 spiro atoms. The standard InChI is InChI=1S/C59H51N3O/c1-36-21-23-38(24-22-36)41-29-30-60-51(32-41)49-34-43(58(6,7)8)33-48-44-18-14-19-50-55(44)62-56(45-17-12-13-20-53(45)63-59(60,62)54(48)49)61(50)52-35-46(39-15-10-9-11-16-39)37(2)31-47(52)40-25-27-42(28-26-40)57(3,4)5/h9-35H,1-8H3/q+2. The molecule has 2 aromatic heterocycles. The first kappa shape index (κ1) is 37.7. The maximum atomic E-state index is 7.72. The summed E-state index contributed by atoms with van der Waals surface area (Å²) in [7, 11) is 0. The average molecular weight is 818 g/mol. The van der Waals surface area contributed by atoms with Crippen molar-refractivity contribution in [2.75, 3.05) is 0 Å². The van der Waals surface area contributed by atoms with E-state index in [1.54, 1.807) is 0 Å². The highest BCUT2D eigenvalue weighted by molar-refractivity contribution is 5.99. The van der Waals surface area contributed by atoms with Gasteiger partial charge >= 0.3 is 11.7 Å². The monoisotopic (exact) mass is 817 g/mol. The second kappa shape index (κ2) is 13.0. The smallest absolute Gasteiger partial charge is 0.392 e. The number of rotatable bonds is 4. The highest BCUT2D eigenvalue weighted by Gasteiger charge is 2.68. The Morgan fingerprint density at radius 3 is 1.92 bits per heavy atom. The number of pyridine rings is 1. The van der Waals surface area contributed by atoms with Gasteiger partial charge in [0.05, 0.1) is 5.56 Å². The minimum absolute atomic E-state index is 0.0430. The van der Waals surface area contributed by atoms with Crippen LogP contribution in [0.15, 0.2) is 164 Å². The largest absolute Gasteiger partial charge is 0.499 e. The molecule has 0 N–H and O–H groups in total. The Hall–Kier alpha value is -7.04. The average Bonchev–Trinajstić information content (AvgIpc) is 3.77. The first-order valence-corrected chi connectivity index (χ1v) is 22.3. The van der Waals surface area contributed by atoms with Crippen LogP contribution in [0, 0.1) is 13.8 Å². The van der Waals surface area contributed by atoms with Gasteiger partial charge in [0.25, 0.3) is 0 Å². The number of imidazole rings is 1. The van der Waals surface area contributed by atoms with Crippen molar-refractivity contribution in [1.82, 2.24) is 4.57 Å². The predicted octanol–water partition coefficient (Wildman–Crippen LogP) is 13.6. The zero-order valence-corrected chi connectivity index (χ0v) is 37.3. The van der Waals surface area contributed by atoms with E-state index in [0.717, 1.165) is 39.6 Å². The summed E-state index contributed by atoms with van der Waals surface area (Å²) >= 11 is 0. The minimum Gasteiger partial charge on any atom is -0.392 e. The lowest BCUT2D eigenvalue weighted by Crippen LogP contribution is -2.78. The highest BCUT2D eigenvalue weighted by atomic mass is 16.5. The van der Waals surface area contributed by atoms with Crippen LogP contribution in [0.5, 0.6) is 5.75 Å². The summed E-state index contributed by atoms with van der Waals surface area (Å²) in [6.45, 7) is 18.2. The summed E-state index contributed by atoms with van der Waals surface area (Å²) in [5.41, 5.74) is 22.7. The zero-order chi connectivity index (χ0) is 43.2. The Bertz CT molecular complexity index is 3380. The van der Waals surface area contributed by atoms with Gasteiger partial charge in [0.15, 0.2) is 17.2 Å². The molecule has 9 aromatic rings. The van der Waals surface area contributed by atoms with Gasteiger partial charge in [-0.25, -0.2) is 0 Å². The summed E-state index contributed by atoms with van der Waals surface area (Å²) in [5, 5.41) is 0.